The Morgan fingerprint density at radius 1 is 1.10 bits per heavy atom. The lowest BCUT2D eigenvalue weighted by Gasteiger charge is -2.10. The van der Waals surface area contributed by atoms with E-state index in [4.69, 9.17) is 16.3 Å². The Balaban J connectivity index is 2.31. The molecule has 0 spiro atoms. The lowest BCUT2D eigenvalue weighted by Crippen LogP contribution is -1.99. The van der Waals surface area contributed by atoms with E-state index in [9.17, 15) is 4.79 Å². The molecular formula is C17H14ClNO2. The second kappa shape index (κ2) is 5.62. The molecule has 1 heterocycles. The minimum Gasteiger partial charge on any atom is -0.460 e. The maximum absolute atomic E-state index is 10.6. The molecule has 0 aliphatic rings. The SMILES string of the molecule is CC(OC=O)c1c(Cl)n(-c2ccccc2)c2ccccc12. The Kier molecular flexibility index (Phi) is 3.67. The second-order valence-corrected chi connectivity index (χ2v) is 5.13. The first-order valence-electron chi connectivity index (χ1n) is 6.67. The van der Waals surface area contributed by atoms with Gasteiger partial charge in [-0.2, -0.15) is 0 Å². The van der Waals surface area contributed by atoms with Crippen LogP contribution in [0.3, 0.4) is 0 Å². The fourth-order valence-corrected chi connectivity index (χ4v) is 3.05. The normalized spacial score (nSPS) is 12.3. The van der Waals surface area contributed by atoms with Crippen molar-refractivity contribution >= 4 is 29.0 Å². The fourth-order valence-electron chi connectivity index (χ4n) is 2.60. The number of aromatic nitrogens is 1. The van der Waals surface area contributed by atoms with Crippen LogP contribution in [0.1, 0.15) is 18.6 Å². The molecule has 0 saturated carbocycles. The molecule has 4 heteroatoms. The first-order chi connectivity index (χ1) is 10.2. The molecule has 0 bridgehead atoms. The summed E-state index contributed by atoms with van der Waals surface area (Å²) in [5.74, 6) is 0. The monoisotopic (exact) mass is 299 g/mol. The van der Waals surface area contributed by atoms with Crippen molar-refractivity contribution in [3.05, 3.63) is 65.3 Å². The van der Waals surface area contributed by atoms with E-state index in [1.165, 1.54) is 0 Å². The van der Waals surface area contributed by atoms with Crippen LogP contribution in [0.15, 0.2) is 54.6 Å². The lowest BCUT2D eigenvalue weighted by atomic mass is 10.1. The summed E-state index contributed by atoms with van der Waals surface area (Å²) >= 11 is 6.58. The molecule has 2 aromatic carbocycles. The molecule has 0 radical (unpaired) electrons. The Hall–Kier alpha value is -2.26. The average Bonchev–Trinajstić information content (AvgIpc) is 2.80. The highest BCUT2D eigenvalue weighted by atomic mass is 35.5. The zero-order chi connectivity index (χ0) is 14.8. The molecule has 3 aromatic rings. The molecule has 1 aromatic heterocycles. The Labute approximate surface area is 127 Å². The van der Waals surface area contributed by atoms with Crippen LogP contribution in [0.25, 0.3) is 16.6 Å². The highest BCUT2D eigenvalue weighted by Gasteiger charge is 2.21. The number of benzene rings is 2. The minimum absolute atomic E-state index is 0.398. The van der Waals surface area contributed by atoms with Crippen LogP contribution in [-0.2, 0) is 9.53 Å². The van der Waals surface area contributed by atoms with Crippen LogP contribution < -0.4 is 0 Å². The summed E-state index contributed by atoms with van der Waals surface area (Å²) in [6.45, 7) is 2.27. The van der Waals surface area contributed by atoms with Gasteiger partial charge in [-0.25, -0.2) is 0 Å². The summed E-state index contributed by atoms with van der Waals surface area (Å²) in [4.78, 5) is 10.6. The van der Waals surface area contributed by atoms with Gasteiger partial charge in [0.15, 0.2) is 0 Å². The number of rotatable bonds is 4. The van der Waals surface area contributed by atoms with E-state index in [0.717, 1.165) is 22.2 Å². The van der Waals surface area contributed by atoms with Gasteiger partial charge < -0.3 is 4.74 Å². The van der Waals surface area contributed by atoms with Gasteiger partial charge in [0.25, 0.3) is 6.47 Å². The first-order valence-corrected chi connectivity index (χ1v) is 7.05. The Morgan fingerprint density at radius 3 is 2.48 bits per heavy atom. The third-order valence-corrected chi connectivity index (χ3v) is 3.91. The number of halogens is 1. The molecule has 0 aliphatic carbocycles. The Bertz CT molecular complexity index is 780. The van der Waals surface area contributed by atoms with Crippen molar-refractivity contribution in [2.75, 3.05) is 0 Å². The van der Waals surface area contributed by atoms with Gasteiger partial charge in [0.2, 0.25) is 0 Å². The van der Waals surface area contributed by atoms with Crippen molar-refractivity contribution in [1.82, 2.24) is 4.57 Å². The van der Waals surface area contributed by atoms with E-state index >= 15 is 0 Å². The summed E-state index contributed by atoms with van der Waals surface area (Å²) in [5.41, 5.74) is 2.79. The topological polar surface area (TPSA) is 31.2 Å². The van der Waals surface area contributed by atoms with E-state index in [1.807, 2.05) is 66.1 Å². The molecule has 3 rings (SSSR count). The Morgan fingerprint density at radius 2 is 1.76 bits per heavy atom. The number of carbonyl (C=O) groups is 1. The number of fused-ring (bicyclic) bond motifs is 1. The largest absolute Gasteiger partial charge is 0.460 e. The molecule has 0 amide bonds. The molecule has 0 aliphatic heterocycles. The van der Waals surface area contributed by atoms with Crippen LogP contribution in [0.5, 0.6) is 0 Å². The fraction of sp³-hybridized carbons (Fsp3) is 0.118. The number of para-hydroxylation sites is 2. The van der Waals surface area contributed by atoms with Gasteiger partial charge in [0.05, 0.1) is 5.52 Å². The zero-order valence-electron chi connectivity index (χ0n) is 11.5. The van der Waals surface area contributed by atoms with Crippen LogP contribution in [0.2, 0.25) is 5.15 Å². The zero-order valence-corrected chi connectivity index (χ0v) is 12.2. The van der Waals surface area contributed by atoms with Gasteiger partial charge in [-0.1, -0.05) is 48.0 Å². The van der Waals surface area contributed by atoms with Crippen LogP contribution in [0.4, 0.5) is 0 Å². The quantitative estimate of drug-likeness (QED) is 0.663. The number of hydrogen-bond acceptors (Lipinski definition) is 2. The summed E-state index contributed by atoms with van der Waals surface area (Å²) in [5, 5.41) is 1.55. The molecule has 0 N–H and O–H groups in total. The first kappa shape index (κ1) is 13.7. The van der Waals surface area contributed by atoms with Crippen molar-refractivity contribution < 1.29 is 9.53 Å². The molecule has 1 atom stereocenters. The van der Waals surface area contributed by atoms with E-state index < -0.39 is 6.10 Å². The summed E-state index contributed by atoms with van der Waals surface area (Å²) in [7, 11) is 0. The highest BCUT2D eigenvalue weighted by Crippen LogP contribution is 2.37. The van der Waals surface area contributed by atoms with Gasteiger partial charge in [-0.15, -0.1) is 0 Å². The minimum atomic E-state index is -0.398. The van der Waals surface area contributed by atoms with Crippen molar-refractivity contribution in [3.63, 3.8) is 0 Å². The van der Waals surface area contributed by atoms with Crippen LogP contribution in [0, 0.1) is 0 Å². The number of nitrogens with zero attached hydrogens (tertiary/aromatic N) is 1. The molecule has 0 saturated heterocycles. The highest BCUT2D eigenvalue weighted by molar-refractivity contribution is 6.32. The molecular weight excluding hydrogens is 286 g/mol. The van der Waals surface area contributed by atoms with Gasteiger partial charge >= 0.3 is 0 Å². The van der Waals surface area contributed by atoms with Crippen molar-refractivity contribution in [3.8, 4) is 5.69 Å². The molecule has 1 unspecified atom stereocenters. The molecule has 3 nitrogen and oxygen atoms in total. The number of ether oxygens (including phenoxy) is 1. The van der Waals surface area contributed by atoms with Crippen LogP contribution >= 0.6 is 11.6 Å². The van der Waals surface area contributed by atoms with Gasteiger partial charge in [-0.3, -0.25) is 9.36 Å². The molecule has 21 heavy (non-hydrogen) atoms. The third-order valence-electron chi connectivity index (χ3n) is 3.53. The maximum atomic E-state index is 10.6. The van der Waals surface area contributed by atoms with Crippen LogP contribution in [-0.4, -0.2) is 11.0 Å². The van der Waals surface area contributed by atoms with E-state index in [1.54, 1.807) is 0 Å². The molecule has 0 fully saturated rings. The second-order valence-electron chi connectivity index (χ2n) is 4.77. The predicted octanol–water partition coefficient (Wildman–Crippen LogP) is 4.52. The summed E-state index contributed by atoms with van der Waals surface area (Å²) in [6.07, 6.45) is -0.398. The van der Waals surface area contributed by atoms with E-state index in [0.29, 0.717) is 11.6 Å². The van der Waals surface area contributed by atoms with Crippen molar-refractivity contribution in [1.29, 1.82) is 0 Å². The van der Waals surface area contributed by atoms with Crippen molar-refractivity contribution in [2.45, 2.75) is 13.0 Å². The predicted molar refractivity (Wildman–Crippen MR) is 83.8 cm³/mol. The standard InChI is InChI=1S/C17H14ClNO2/c1-12(21-11-20)16-14-9-5-6-10-15(14)19(17(16)18)13-7-3-2-4-8-13/h2-12H,1H3. The summed E-state index contributed by atoms with van der Waals surface area (Å²) < 4.78 is 7.06. The van der Waals surface area contributed by atoms with Crippen molar-refractivity contribution in [2.24, 2.45) is 0 Å². The number of hydrogen-bond donors (Lipinski definition) is 0. The third kappa shape index (κ3) is 2.30. The molecule has 106 valence electrons. The van der Waals surface area contributed by atoms with Gasteiger partial charge in [0, 0.05) is 16.6 Å². The lowest BCUT2D eigenvalue weighted by molar-refractivity contribution is -0.133. The maximum Gasteiger partial charge on any atom is 0.293 e. The van der Waals surface area contributed by atoms with Gasteiger partial charge in [-0.05, 0) is 25.1 Å². The number of carbonyl (C=O) groups excluding carboxylic acids is 1. The van der Waals surface area contributed by atoms with Gasteiger partial charge in [0.1, 0.15) is 11.3 Å². The van der Waals surface area contributed by atoms with E-state index in [-0.39, 0.29) is 0 Å². The summed E-state index contributed by atoms with van der Waals surface area (Å²) in [6, 6.07) is 17.8. The van der Waals surface area contributed by atoms with E-state index in [2.05, 4.69) is 0 Å². The average molecular weight is 300 g/mol. The smallest absolute Gasteiger partial charge is 0.293 e.